The minimum Gasteiger partial charge on any atom is -0.478 e. The maximum atomic E-state index is 12.2. The first-order chi connectivity index (χ1) is 26.9. The molecule has 19 nitrogen and oxygen atoms in total. The van der Waals surface area contributed by atoms with Crippen molar-refractivity contribution in [3.05, 3.63) is 84.4 Å². The molecule has 0 saturated heterocycles. The zero-order valence-electron chi connectivity index (χ0n) is 28.1. The van der Waals surface area contributed by atoms with Crippen LogP contribution in [0.25, 0.3) is 95.8 Å². The highest BCUT2D eigenvalue weighted by molar-refractivity contribution is 7.86. The summed E-state index contributed by atoms with van der Waals surface area (Å²) in [6.07, 6.45) is 2.30. The van der Waals surface area contributed by atoms with Gasteiger partial charge in [-0.25, -0.2) is 34.7 Å². The molecule has 7 aromatic rings. The van der Waals surface area contributed by atoms with Crippen molar-refractivity contribution in [2.24, 2.45) is 0 Å². The molecule has 284 valence electrons. The molecular formula is C35H20N8O11S3. The lowest BCUT2D eigenvalue weighted by atomic mass is 10.0. The minimum atomic E-state index is -4.72. The summed E-state index contributed by atoms with van der Waals surface area (Å²) in [4.78, 5) is 44.1. The molecule has 22 heteroatoms. The molecule has 0 amide bonds. The maximum Gasteiger partial charge on any atom is 0.328 e. The van der Waals surface area contributed by atoms with Gasteiger partial charge in [0.05, 0.1) is 14.7 Å². The highest BCUT2D eigenvalue weighted by Crippen LogP contribution is 2.39. The fraction of sp³-hybridized carbons (Fsp3) is 0. The number of aromatic nitrogens is 8. The van der Waals surface area contributed by atoms with Crippen molar-refractivity contribution in [2.75, 3.05) is 0 Å². The maximum absolute atomic E-state index is 12.2. The summed E-state index contributed by atoms with van der Waals surface area (Å²) in [6, 6.07) is 15.8. The van der Waals surface area contributed by atoms with Gasteiger partial charge in [-0.2, -0.15) is 25.3 Å². The first-order valence-electron chi connectivity index (χ1n) is 16.1. The number of fused-ring (bicyclic) bond motifs is 20. The molecule has 2 aliphatic heterocycles. The third-order valence-corrected chi connectivity index (χ3v) is 11.6. The van der Waals surface area contributed by atoms with Gasteiger partial charge in [0.2, 0.25) is 0 Å². The van der Waals surface area contributed by atoms with Crippen LogP contribution >= 0.6 is 0 Å². The topological polar surface area (TPSA) is 309 Å². The Morgan fingerprint density at radius 1 is 0.474 bits per heavy atom. The van der Waals surface area contributed by atoms with Gasteiger partial charge in [0.1, 0.15) is 22.6 Å². The monoisotopic (exact) mass is 824 g/mol. The van der Waals surface area contributed by atoms with Gasteiger partial charge in [0, 0.05) is 49.9 Å². The molecule has 0 spiro atoms. The fourth-order valence-electron chi connectivity index (χ4n) is 6.50. The number of benzene rings is 4. The van der Waals surface area contributed by atoms with E-state index in [9.17, 15) is 48.8 Å². The van der Waals surface area contributed by atoms with Crippen molar-refractivity contribution in [1.82, 2.24) is 39.9 Å². The number of H-pyrrole nitrogens is 2. The van der Waals surface area contributed by atoms with E-state index in [2.05, 4.69) is 29.9 Å². The molecule has 0 fully saturated rings. The molecule has 6 N–H and O–H groups in total. The number of nitrogens with zero attached hydrogens (tertiary/aromatic N) is 6. The van der Waals surface area contributed by atoms with Crippen LogP contribution in [0.15, 0.2) is 93.6 Å². The van der Waals surface area contributed by atoms with E-state index in [0.29, 0.717) is 22.1 Å². The van der Waals surface area contributed by atoms with Crippen LogP contribution in [0, 0.1) is 0 Å². The van der Waals surface area contributed by atoms with Crippen molar-refractivity contribution in [2.45, 2.75) is 14.7 Å². The molecule has 5 heterocycles. The number of carbonyl (C=O) groups is 1. The molecule has 2 aliphatic rings. The number of aliphatic carboxylic acids is 1. The highest BCUT2D eigenvalue weighted by atomic mass is 32.2. The Balaban J connectivity index is 1.47. The van der Waals surface area contributed by atoms with Crippen molar-refractivity contribution >= 4 is 86.5 Å². The summed E-state index contributed by atoms with van der Waals surface area (Å²) in [5, 5.41) is 10.2. The van der Waals surface area contributed by atoms with Crippen molar-refractivity contribution < 1.29 is 48.8 Å². The molecule has 0 radical (unpaired) electrons. The quantitative estimate of drug-likeness (QED) is 0.101. The van der Waals surface area contributed by atoms with E-state index in [4.69, 9.17) is 9.97 Å². The largest absolute Gasteiger partial charge is 0.478 e. The number of aromatic amines is 2. The Bertz CT molecular complexity index is 3510. The number of carboxylic acid groups (broad SMARTS) is 1. The average molecular weight is 825 g/mol. The van der Waals surface area contributed by atoms with Gasteiger partial charge < -0.3 is 15.1 Å². The molecule has 3 aromatic heterocycles. The minimum absolute atomic E-state index is 0.00218. The lowest BCUT2D eigenvalue weighted by Crippen LogP contribution is -1.98. The molecule has 0 aliphatic carbocycles. The Morgan fingerprint density at radius 3 is 1.32 bits per heavy atom. The van der Waals surface area contributed by atoms with Crippen LogP contribution in [0.4, 0.5) is 0 Å². The summed E-state index contributed by atoms with van der Waals surface area (Å²) < 4.78 is 103. The molecule has 8 bridgehead atoms. The molecule has 57 heavy (non-hydrogen) atoms. The van der Waals surface area contributed by atoms with Crippen LogP contribution in [0.1, 0.15) is 5.56 Å². The SMILES string of the molecule is O=C(O)/C=C/c1ccc2c(c1)-c1nc-2nc2[nH]c(nc3nc(nc4[nH]c(n1)c1ccc(S(=O)(=O)O)cc41)-c1ccc(S(=O)(=O)O)cc1-3)c1ccc(S(=O)(=O)O)cc21. The van der Waals surface area contributed by atoms with E-state index >= 15 is 0 Å². The number of nitrogens with one attached hydrogen (secondary N) is 2. The summed E-state index contributed by atoms with van der Waals surface area (Å²) in [6.45, 7) is 0. The number of carboxylic acids is 1. The Labute approximate surface area is 318 Å². The van der Waals surface area contributed by atoms with Crippen molar-refractivity contribution in [3.8, 4) is 45.6 Å². The standard InChI is InChI=1S/C35H20N8O11S3/c44-27(45)10-2-15-1-6-19-23(11-15)32-36-28(19)38-33-25-13-17(56(49,50)51)4-8-21(25)30(40-33)42-35-26-14-18(57(52,53)54)5-9-22(26)31(43-35)41-34-24-12-16(55(46,47)48)3-7-20(24)29(37-32)39-34/h1-14H,(H,44,45)(H,46,47,48)(H,49,50,51)(H,52,53,54)(H2,36,37,38,39,40,41,42,43)/b10-2+. The van der Waals surface area contributed by atoms with Crippen LogP contribution in [0.2, 0.25) is 0 Å². The first kappa shape index (κ1) is 35.9. The highest BCUT2D eigenvalue weighted by Gasteiger charge is 2.25. The summed E-state index contributed by atoms with van der Waals surface area (Å²) in [5.74, 6) is -1.23. The van der Waals surface area contributed by atoms with Crippen LogP contribution in [0.3, 0.4) is 0 Å². The van der Waals surface area contributed by atoms with E-state index in [1.54, 1.807) is 18.2 Å². The second-order valence-corrected chi connectivity index (χ2v) is 16.9. The smallest absolute Gasteiger partial charge is 0.328 e. The van der Waals surface area contributed by atoms with Crippen molar-refractivity contribution in [1.29, 1.82) is 0 Å². The van der Waals surface area contributed by atoms with E-state index in [1.165, 1.54) is 36.4 Å². The Hall–Kier alpha value is -6.82. The third-order valence-electron chi connectivity index (χ3n) is 9.08. The van der Waals surface area contributed by atoms with Gasteiger partial charge in [0.15, 0.2) is 23.3 Å². The van der Waals surface area contributed by atoms with E-state index < -0.39 is 51.0 Å². The normalized spacial score (nSPS) is 13.0. The van der Waals surface area contributed by atoms with Gasteiger partial charge in [-0.1, -0.05) is 6.07 Å². The zero-order chi connectivity index (χ0) is 40.2. The Kier molecular flexibility index (Phi) is 7.76. The molecule has 0 atom stereocenters. The summed E-state index contributed by atoms with van der Waals surface area (Å²) in [5.41, 5.74) is 1.78. The van der Waals surface area contributed by atoms with Gasteiger partial charge in [0.25, 0.3) is 30.4 Å². The van der Waals surface area contributed by atoms with Gasteiger partial charge >= 0.3 is 5.97 Å². The van der Waals surface area contributed by atoms with Crippen LogP contribution in [-0.4, -0.2) is 89.9 Å². The molecule has 0 unspecified atom stereocenters. The van der Waals surface area contributed by atoms with E-state index in [-0.39, 0.29) is 73.2 Å². The average Bonchev–Trinajstić information content (AvgIpc) is 3.87. The first-order valence-corrected chi connectivity index (χ1v) is 20.5. The number of hydrogen-bond acceptors (Lipinski definition) is 13. The number of hydrogen-bond donors (Lipinski definition) is 6. The Morgan fingerprint density at radius 2 is 0.860 bits per heavy atom. The molecular weight excluding hydrogens is 805 g/mol. The lowest BCUT2D eigenvalue weighted by molar-refractivity contribution is -0.131. The van der Waals surface area contributed by atoms with E-state index in [1.807, 2.05) is 0 Å². The zero-order valence-corrected chi connectivity index (χ0v) is 30.6. The van der Waals surface area contributed by atoms with Gasteiger partial charge in [-0.15, -0.1) is 0 Å². The van der Waals surface area contributed by atoms with Gasteiger partial charge in [-0.3, -0.25) is 13.7 Å². The predicted molar refractivity (Wildman–Crippen MR) is 202 cm³/mol. The number of rotatable bonds is 5. The second kappa shape index (κ2) is 12.3. The molecule has 9 rings (SSSR count). The van der Waals surface area contributed by atoms with Crippen molar-refractivity contribution in [3.63, 3.8) is 0 Å². The molecule has 4 aromatic carbocycles. The third kappa shape index (κ3) is 6.27. The lowest BCUT2D eigenvalue weighted by Gasteiger charge is -2.02. The molecule has 0 saturated carbocycles. The van der Waals surface area contributed by atoms with Crippen LogP contribution < -0.4 is 0 Å². The summed E-state index contributed by atoms with van der Waals surface area (Å²) >= 11 is 0. The van der Waals surface area contributed by atoms with E-state index in [0.717, 1.165) is 30.3 Å². The van der Waals surface area contributed by atoms with Gasteiger partial charge in [-0.05, 0) is 78.4 Å². The summed E-state index contributed by atoms with van der Waals surface area (Å²) in [7, 11) is -14.1. The second-order valence-electron chi connectivity index (χ2n) is 12.6. The van der Waals surface area contributed by atoms with Crippen LogP contribution in [-0.2, 0) is 35.1 Å². The predicted octanol–water partition coefficient (Wildman–Crippen LogP) is 4.71. The fourth-order valence-corrected chi connectivity index (χ4v) is 8.02. The van der Waals surface area contributed by atoms with Crippen LogP contribution in [0.5, 0.6) is 0 Å².